The van der Waals surface area contributed by atoms with Crippen LogP contribution in [0.5, 0.6) is 5.75 Å². The van der Waals surface area contributed by atoms with Crippen molar-refractivity contribution in [3.05, 3.63) is 76.3 Å². The van der Waals surface area contributed by atoms with E-state index in [1.165, 1.54) is 12.1 Å². The Hall–Kier alpha value is 0.240. The van der Waals surface area contributed by atoms with Crippen LogP contribution in [0, 0.1) is 0 Å². The maximum absolute atomic E-state index is 10.5. The second-order valence-electron chi connectivity index (χ2n) is 5.42. The maximum Gasteiger partial charge on any atom is 1.00 e. The number of rotatable bonds is 5. The molecule has 0 N–H and O–H groups in total. The summed E-state index contributed by atoms with van der Waals surface area (Å²) in [6.45, 7) is -0.526. The molecule has 0 aliphatic carbocycles. The van der Waals surface area contributed by atoms with Gasteiger partial charge in [0.1, 0.15) is 12.4 Å². The monoisotopic (exact) mass is 473 g/mol. The smallest absolute Gasteiger partial charge is 0.550 e. The van der Waals surface area contributed by atoms with E-state index in [2.05, 4.69) is 0 Å². The summed E-state index contributed by atoms with van der Waals surface area (Å²) in [5, 5.41) is 23.3. The SMILES string of the molecule is O=C([O-])COc1ccc(Cl)cc1Cl.O=C([O-])Cc1cccc2ccccc12.[Na+].[Na+].[Na+]. The number of halogens is 2. The molecule has 3 rings (SSSR count). The van der Waals surface area contributed by atoms with Crippen molar-refractivity contribution in [3.63, 3.8) is 0 Å². The second-order valence-corrected chi connectivity index (χ2v) is 6.27. The normalized spacial score (nSPS) is 9.00. The maximum atomic E-state index is 10.5. The van der Waals surface area contributed by atoms with Gasteiger partial charge in [0, 0.05) is 17.4 Å². The number of carbonyl (C=O) groups is 2. The minimum Gasteiger partial charge on any atom is -0.550 e. The van der Waals surface area contributed by atoms with E-state index in [0.29, 0.717) is 5.02 Å². The Morgan fingerprint density at radius 1 is 0.833 bits per heavy atom. The topological polar surface area (TPSA) is 89.5 Å². The summed E-state index contributed by atoms with van der Waals surface area (Å²) in [6, 6.07) is 17.9. The van der Waals surface area contributed by atoms with Gasteiger partial charge in [-0.05, 0) is 34.5 Å². The molecule has 3 aromatic rings. The van der Waals surface area contributed by atoms with Crippen LogP contribution in [0.25, 0.3) is 10.8 Å². The molecule has 5 nitrogen and oxygen atoms in total. The standard InChI is InChI=1S/C12H10O2.C8H6Cl2O3.3Na/c13-12(14)8-10-6-3-5-9-4-1-2-7-11(9)10;9-5-1-2-7(6(10)3-5)13-4-8(11)12;;;/h1-7H,8H2,(H,13,14);1-3H,4H2,(H,11,12);;;/q;;3*+1/p-2. The fourth-order valence-corrected chi connectivity index (χ4v) is 2.79. The van der Waals surface area contributed by atoms with Crippen LogP contribution in [0.4, 0.5) is 0 Å². The van der Waals surface area contributed by atoms with Gasteiger partial charge in [-0.2, -0.15) is 0 Å². The third-order valence-electron chi connectivity index (χ3n) is 3.45. The van der Waals surface area contributed by atoms with Crippen molar-refractivity contribution in [1.29, 1.82) is 0 Å². The Morgan fingerprint density at radius 2 is 1.47 bits per heavy atom. The number of carboxylic acid groups (broad SMARTS) is 2. The zero-order valence-corrected chi connectivity index (χ0v) is 24.5. The number of hydrogen-bond donors (Lipinski definition) is 0. The number of ether oxygens (including phenoxy) is 1. The molecule has 0 atom stereocenters. The van der Waals surface area contributed by atoms with Gasteiger partial charge in [0.15, 0.2) is 0 Å². The van der Waals surface area contributed by atoms with Crippen molar-refractivity contribution in [2.75, 3.05) is 6.61 Å². The summed E-state index contributed by atoms with van der Waals surface area (Å²) in [4.78, 5) is 20.5. The number of benzene rings is 3. The van der Waals surface area contributed by atoms with Gasteiger partial charge in [0.25, 0.3) is 0 Å². The van der Waals surface area contributed by atoms with Crippen molar-refractivity contribution in [2.24, 2.45) is 0 Å². The fourth-order valence-electron chi connectivity index (χ4n) is 2.33. The van der Waals surface area contributed by atoms with Crippen LogP contribution in [-0.2, 0) is 16.0 Å². The first-order chi connectivity index (χ1) is 12.9. The van der Waals surface area contributed by atoms with E-state index >= 15 is 0 Å². The summed E-state index contributed by atoms with van der Waals surface area (Å²) in [6.07, 6.45) is -0.0264. The van der Waals surface area contributed by atoms with E-state index in [0.717, 1.165) is 16.3 Å². The number of carbonyl (C=O) groups excluding carboxylic acids is 2. The van der Waals surface area contributed by atoms with Crippen LogP contribution in [0.15, 0.2) is 60.7 Å². The van der Waals surface area contributed by atoms with Crippen molar-refractivity contribution >= 4 is 45.9 Å². The van der Waals surface area contributed by atoms with Gasteiger partial charge in [-0.1, -0.05) is 65.7 Å². The molecule has 0 fully saturated rings. The quantitative estimate of drug-likeness (QED) is 0.344. The third-order valence-corrected chi connectivity index (χ3v) is 3.98. The summed E-state index contributed by atoms with van der Waals surface area (Å²) >= 11 is 11.3. The van der Waals surface area contributed by atoms with Crippen LogP contribution < -0.4 is 104 Å². The number of carboxylic acids is 2. The Kier molecular flexibility index (Phi) is 18.2. The van der Waals surface area contributed by atoms with Gasteiger partial charge in [0.2, 0.25) is 0 Å². The third kappa shape index (κ3) is 11.2. The number of fused-ring (bicyclic) bond motifs is 1. The Morgan fingerprint density at radius 3 is 2.07 bits per heavy atom. The number of aliphatic carboxylic acids is 2. The molecule has 0 bridgehead atoms. The summed E-state index contributed by atoms with van der Waals surface area (Å²) in [5.41, 5.74) is 0.808. The molecule has 0 radical (unpaired) electrons. The molecular formula is C20H14Cl2Na3O5+. The first-order valence-corrected chi connectivity index (χ1v) is 8.56. The molecule has 0 aromatic heterocycles. The van der Waals surface area contributed by atoms with E-state index in [1.807, 2.05) is 42.5 Å². The minimum atomic E-state index is -1.30. The van der Waals surface area contributed by atoms with Crippen molar-refractivity contribution in [1.82, 2.24) is 0 Å². The van der Waals surface area contributed by atoms with Crippen LogP contribution in [0.1, 0.15) is 5.56 Å². The van der Waals surface area contributed by atoms with Crippen LogP contribution in [0.2, 0.25) is 10.0 Å². The molecule has 0 aliphatic rings. The average Bonchev–Trinajstić information content (AvgIpc) is 2.61. The van der Waals surface area contributed by atoms with E-state index in [9.17, 15) is 19.8 Å². The zero-order valence-electron chi connectivity index (χ0n) is 17.0. The molecule has 0 heterocycles. The van der Waals surface area contributed by atoms with E-state index in [-0.39, 0.29) is 106 Å². The molecule has 30 heavy (non-hydrogen) atoms. The van der Waals surface area contributed by atoms with Crippen LogP contribution in [0.3, 0.4) is 0 Å². The Bertz CT molecular complexity index is 965. The minimum absolute atomic E-state index is 0. The van der Waals surface area contributed by atoms with Crippen molar-refractivity contribution in [2.45, 2.75) is 6.42 Å². The molecule has 140 valence electrons. The van der Waals surface area contributed by atoms with Gasteiger partial charge in [-0.25, -0.2) is 0 Å². The zero-order chi connectivity index (χ0) is 19.8. The van der Waals surface area contributed by atoms with Crippen molar-refractivity contribution < 1.29 is 113 Å². The van der Waals surface area contributed by atoms with Gasteiger partial charge >= 0.3 is 88.7 Å². The fraction of sp³-hybridized carbons (Fsp3) is 0.100. The first kappa shape index (κ1) is 32.4. The van der Waals surface area contributed by atoms with E-state index in [4.69, 9.17) is 27.9 Å². The molecular weight excluding hydrogens is 460 g/mol. The predicted octanol–water partition coefficient (Wildman–Crippen LogP) is -6.73. The Balaban J connectivity index is 0. The van der Waals surface area contributed by atoms with Crippen LogP contribution in [-0.4, -0.2) is 18.5 Å². The largest absolute Gasteiger partial charge is 1.00 e. The average molecular weight is 474 g/mol. The molecule has 3 aromatic carbocycles. The molecule has 0 unspecified atom stereocenters. The predicted molar refractivity (Wildman–Crippen MR) is 99.6 cm³/mol. The van der Waals surface area contributed by atoms with Gasteiger partial charge in [-0.3, -0.25) is 0 Å². The van der Waals surface area contributed by atoms with Gasteiger partial charge < -0.3 is 24.5 Å². The van der Waals surface area contributed by atoms with E-state index < -0.39 is 18.5 Å². The van der Waals surface area contributed by atoms with Crippen LogP contribution >= 0.6 is 23.2 Å². The van der Waals surface area contributed by atoms with Gasteiger partial charge in [-0.15, -0.1) is 0 Å². The summed E-state index contributed by atoms with van der Waals surface area (Å²) in [7, 11) is 0. The second kappa shape index (κ2) is 16.8. The summed E-state index contributed by atoms with van der Waals surface area (Å²) < 4.78 is 4.80. The molecule has 0 saturated carbocycles. The molecule has 10 heteroatoms. The number of hydrogen-bond acceptors (Lipinski definition) is 5. The molecule has 0 amide bonds. The van der Waals surface area contributed by atoms with Crippen molar-refractivity contribution in [3.8, 4) is 5.75 Å². The van der Waals surface area contributed by atoms with Gasteiger partial charge in [0.05, 0.1) is 11.0 Å². The molecule has 0 aliphatic heterocycles. The first-order valence-electron chi connectivity index (χ1n) is 7.81. The Labute approximate surface area is 251 Å². The molecule has 0 spiro atoms. The molecule has 0 saturated heterocycles. The van der Waals surface area contributed by atoms with E-state index in [1.54, 1.807) is 6.07 Å². The summed E-state index contributed by atoms with van der Waals surface area (Å²) in [5.74, 6) is -2.07.